The summed E-state index contributed by atoms with van der Waals surface area (Å²) in [5.74, 6) is 0.522. The van der Waals surface area contributed by atoms with Crippen molar-refractivity contribution in [1.29, 1.82) is 5.26 Å². The highest BCUT2D eigenvalue weighted by Crippen LogP contribution is 2.27. The van der Waals surface area contributed by atoms with Crippen LogP contribution in [0.2, 0.25) is 0 Å². The maximum atomic E-state index is 8.86. The molecule has 0 saturated heterocycles. The molecular formula is C16H21N3. The predicted octanol–water partition coefficient (Wildman–Crippen LogP) is 4.20. The molecular weight excluding hydrogens is 234 g/mol. The standard InChI is InChI=1S/C16H21N3/c1-5-15-14-10-13(11(2)3)6-7-16(14)19(18-15)12(4)8-9-17/h6-7,10-12H,5,8H2,1-4H3/t12-/m0/s1. The number of fused-ring (bicyclic) bond motifs is 1. The minimum atomic E-state index is 0.123. The van der Waals surface area contributed by atoms with Crippen molar-refractivity contribution in [2.75, 3.05) is 0 Å². The molecule has 1 aromatic carbocycles. The molecule has 0 unspecified atom stereocenters. The SMILES string of the molecule is CCc1nn([C@@H](C)CC#N)c2ccc(C(C)C)cc12. The third-order valence-corrected chi connectivity index (χ3v) is 3.61. The Kier molecular flexibility index (Phi) is 3.90. The van der Waals surface area contributed by atoms with Crippen LogP contribution in [0, 0.1) is 11.3 Å². The largest absolute Gasteiger partial charge is 0.261 e. The highest BCUT2D eigenvalue weighted by atomic mass is 15.3. The van der Waals surface area contributed by atoms with Gasteiger partial charge in [0.15, 0.2) is 0 Å². The Balaban J connectivity index is 2.60. The molecule has 3 nitrogen and oxygen atoms in total. The van der Waals surface area contributed by atoms with E-state index in [1.807, 2.05) is 11.6 Å². The molecule has 0 N–H and O–H groups in total. The lowest BCUT2D eigenvalue weighted by Gasteiger charge is -2.10. The Morgan fingerprint density at radius 3 is 2.63 bits per heavy atom. The van der Waals surface area contributed by atoms with Gasteiger partial charge in [-0.3, -0.25) is 4.68 Å². The van der Waals surface area contributed by atoms with Crippen molar-refractivity contribution in [3.05, 3.63) is 29.5 Å². The molecule has 0 aliphatic rings. The van der Waals surface area contributed by atoms with Crippen LogP contribution in [-0.2, 0) is 6.42 Å². The second-order valence-electron chi connectivity index (χ2n) is 5.39. The Labute approximate surface area is 114 Å². The van der Waals surface area contributed by atoms with Gasteiger partial charge in [0.25, 0.3) is 0 Å². The Morgan fingerprint density at radius 1 is 1.32 bits per heavy atom. The fraction of sp³-hybridized carbons (Fsp3) is 0.500. The molecule has 2 rings (SSSR count). The summed E-state index contributed by atoms with van der Waals surface area (Å²) in [5, 5.41) is 14.8. The van der Waals surface area contributed by atoms with E-state index < -0.39 is 0 Å². The topological polar surface area (TPSA) is 41.6 Å². The van der Waals surface area contributed by atoms with Crippen molar-refractivity contribution >= 4 is 10.9 Å². The quantitative estimate of drug-likeness (QED) is 0.821. The van der Waals surface area contributed by atoms with Gasteiger partial charge in [-0.1, -0.05) is 26.8 Å². The molecule has 3 heteroatoms. The van der Waals surface area contributed by atoms with Crippen LogP contribution in [-0.4, -0.2) is 9.78 Å². The van der Waals surface area contributed by atoms with Crippen molar-refractivity contribution in [2.24, 2.45) is 0 Å². The highest BCUT2D eigenvalue weighted by molar-refractivity contribution is 5.83. The molecule has 0 saturated carbocycles. The summed E-state index contributed by atoms with van der Waals surface area (Å²) in [6, 6.07) is 8.91. The molecule has 2 aromatic rings. The van der Waals surface area contributed by atoms with Gasteiger partial charge in [0.2, 0.25) is 0 Å². The van der Waals surface area contributed by atoms with E-state index in [0.717, 1.165) is 17.6 Å². The van der Waals surface area contributed by atoms with E-state index in [1.54, 1.807) is 0 Å². The molecule has 0 bridgehead atoms. The van der Waals surface area contributed by atoms with E-state index in [2.05, 4.69) is 45.0 Å². The van der Waals surface area contributed by atoms with Crippen LogP contribution in [0.3, 0.4) is 0 Å². The monoisotopic (exact) mass is 255 g/mol. The number of nitriles is 1. The average molecular weight is 255 g/mol. The van der Waals surface area contributed by atoms with Crippen LogP contribution in [0.1, 0.15) is 57.3 Å². The first-order valence-corrected chi connectivity index (χ1v) is 6.96. The number of rotatable bonds is 4. The van der Waals surface area contributed by atoms with E-state index in [4.69, 9.17) is 10.4 Å². The first-order valence-electron chi connectivity index (χ1n) is 6.96. The van der Waals surface area contributed by atoms with Gasteiger partial charge in [-0.25, -0.2) is 0 Å². The van der Waals surface area contributed by atoms with Crippen LogP contribution in [0.15, 0.2) is 18.2 Å². The summed E-state index contributed by atoms with van der Waals surface area (Å²) >= 11 is 0. The molecule has 0 amide bonds. The highest BCUT2D eigenvalue weighted by Gasteiger charge is 2.14. The second-order valence-corrected chi connectivity index (χ2v) is 5.39. The first-order chi connectivity index (χ1) is 9.08. The van der Waals surface area contributed by atoms with E-state index >= 15 is 0 Å². The third-order valence-electron chi connectivity index (χ3n) is 3.61. The molecule has 1 aromatic heterocycles. The average Bonchev–Trinajstić information content (AvgIpc) is 2.76. The van der Waals surface area contributed by atoms with Gasteiger partial charge < -0.3 is 0 Å². The number of benzene rings is 1. The van der Waals surface area contributed by atoms with E-state index in [0.29, 0.717) is 12.3 Å². The summed E-state index contributed by atoms with van der Waals surface area (Å²) in [6.07, 6.45) is 1.41. The number of aryl methyl sites for hydroxylation is 1. The fourth-order valence-electron chi connectivity index (χ4n) is 2.40. The van der Waals surface area contributed by atoms with Gasteiger partial charge in [-0.2, -0.15) is 10.4 Å². The number of aromatic nitrogens is 2. The molecule has 0 spiro atoms. The van der Waals surface area contributed by atoms with Crippen molar-refractivity contribution in [3.63, 3.8) is 0 Å². The number of hydrogen-bond acceptors (Lipinski definition) is 2. The smallest absolute Gasteiger partial charge is 0.0700 e. The van der Waals surface area contributed by atoms with E-state index in [1.165, 1.54) is 10.9 Å². The zero-order chi connectivity index (χ0) is 14.0. The molecule has 19 heavy (non-hydrogen) atoms. The lowest BCUT2D eigenvalue weighted by Crippen LogP contribution is -2.06. The van der Waals surface area contributed by atoms with Gasteiger partial charge in [-0.05, 0) is 37.0 Å². The number of hydrogen-bond donors (Lipinski definition) is 0. The van der Waals surface area contributed by atoms with Gasteiger partial charge in [0, 0.05) is 5.39 Å². The number of nitrogens with zero attached hydrogens (tertiary/aromatic N) is 3. The van der Waals surface area contributed by atoms with Crippen molar-refractivity contribution in [2.45, 2.75) is 52.5 Å². The normalized spacial score (nSPS) is 12.8. The second kappa shape index (κ2) is 5.44. The maximum absolute atomic E-state index is 8.86. The minimum Gasteiger partial charge on any atom is -0.261 e. The maximum Gasteiger partial charge on any atom is 0.0700 e. The molecule has 1 heterocycles. The summed E-state index contributed by atoms with van der Waals surface area (Å²) in [5.41, 5.74) is 3.61. The Hall–Kier alpha value is -1.82. The Bertz CT molecular complexity index is 617. The van der Waals surface area contributed by atoms with E-state index in [-0.39, 0.29) is 6.04 Å². The van der Waals surface area contributed by atoms with Crippen molar-refractivity contribution in [1.82, 2.24) is 9.78 Å². The van der Waals surface area contributed by atoms with Gasteiger partial charge in [0.05, 0.1) is 29.7 Å². The fourth-order valence-corrected chi connectivity index (χ4v) is 2.40. The van der Waals surface area contributed by atoms with Gasteiger partial charge >= 0.3 is 0 Å². The summed E-state index contributed by atoms with van der Waals surface area (Å²) in [6.45, 7) is 8.58. The summed E-state index contributed by atoms with van der Waals surface area (Å²) in [4.78, 5) is 0. The zero-order valence-electron chi connectivity index (χ0n) is 12.1. The molecule has 0 aliphatic carbocycles. The molecule has 0 radical (unpaired) electrons. The zero-order valence-corrected chi connectivity index (χ0v) is 12.1. The van der Waals surface area contributed by atoms with Crippen molar-refractivity contribution < 1.29 is 0 Å². The van der Waals surface area contributed by atoms with Gasteiger partial charge in [-0.15, -0.1) is 0 Å². The van der Waals surface area contributed by atoms with Crippen LogP contribution >= 0.6 is 0 Å². The summed E-state index contributed by atoms with van der Waals surface area (Å²) < 4.78 is 2.00. The summed E-state index contributed by atoms with van der Waals surface area (Å²) in [7, 11) is 0. The van der Waals surface area contributed by atoms with Crippen LogP contribution < -0.4 is 0 Å². The molecule has 0 aliphatic heterocycles. The van der Waals surface area contributed by atoms with Crippen molar-refractivity contribution in [3.8, 4) is 6.07 Å². The van der Waals surface area contributed by atoms with Crippen LogP contribution in [0.25, 0.3) is 10.9 Å². The Morgan fingerprint density at radius 2 is 2.05 bits per heavy atom. The predicted molar refractivity (Wildman–Crippen MR) is 78.1 cm³/mol. The van der Waals surface area contributed by atoms with Crippen LogP contribution in [0.4, 0.5) is 0 Å². The lowest BCUT2D eigenvalue weighted by atomic mass is 10.0. The molecule has 100 valence electrons. The van der Waals surface area contributed by atoms with Gasteiger partial charge in [0.1, 0.15) is 0 Å². The minimum absolute atomic E-state index is 0.123. The van der Waals surface area contributed by atoms with E-state index in [9.17, 15) is 0 Å². The third kappa shape index (κ3) is 2.49. The van der Waals surface area contributed by atoms with Crippen LogP contribution in [0.5, 0.6) is 0 Å². The molecule has 0 fully saturated rings. The first kappa shape index (κ1) is 13.6. The molecule has 1 atom stereocenters. The lowest BCUT2D eigenvalue weighted by molar-refractivity contribution is 0.512.